The van der Waals surface area contributed by atoms with Crippen molar-refractivity contribution >= 4 is 17.7 Å². The summed E-state index contributed by atoms with van der Waals surface area (Å²) >= 11 is 1.33. The van der Waals surface area contributed by atoms with Crippen LogP contribution in [-0.4, -0.2) is 32.0 Å². The van der Waals surface area contributed by atoms with Crippen LogP contribution in [0.4, 0.5) is 4.39 Å². The Kier molecular flexibility index (Phi) is 6.14. The van der Waals surface area contributed by atoms with Gasteiger partial charge < -0.3 is 5.32 Å². The van der Waals surface area contributed by atoms with Gasteiger partial charge in [-0.15, -0.1) is 16.8 Å². The molecule has 7 heteroatoms. The molecule has 1 heterocycles. The molecule has 0 saturated carbocycles. The summed E-state index contributed by atoms with van der Waals surface area (Å²) in [6.07, 6.45) is 1.74. The van der Waals surface area contributed by atoms with Crippen LogP contribution in [0.1, 0.15) is 20.8 Å². The Morgan fingerprint density at radius 2 is 2.00 bits per heavy atom. The fraction of sp³-hybridized carbons (Fsp3) is 0.353. The standard InChI is InChI=1S/C17H21FN4OS/c1-5-10-22-15(13-6-8-14(18)9-7-13)20-21-17(22)24-12(4)16(23)19-11(2)3/h5-9,11-12H,1,10H2,2-4H3,(H,19,23)/t12-/m1/s1. The number of hydrogen-bond acceptors (Lipinski definition) is 4. The zero-order valence-corrected chi connectivity index (χ0v) is 14.8. The van der Waals surface area contributed by atoms with Crippen LogP contribution < -0.4 is 5.32 Å². The number of thioether (sulfide) groups is 1. The van der Waals surface area contributed by atoms with E-state index in [1.807, 2.05) is 25.3 Å². The lowest BCUT2D eigenvalue weighted by molar-refractivity contribution is -0.120. The molecule has 1 aromatic carbocycles. The number of benzene rings is 1. The maximum Gasteiger partial charge on any atom is 0.233 e. The molecular formula is C17H21FN4OS. The summed E-state index contributed by atoms with van der Waals surface area (Å²) in [5, 5.41) is 11.6. The van der Waals surface area contributed by atoms with Gasteiger partial charge in [-0.1, -0.05) is 17.8 Å². The van der Waals surface area contributed by atoms with Gasteiger partial charge in [0, 0.05) is 18.2 Å². The van der Waals surface area contributed by atoms with Gasteiger partial charge in [0.1, 0.15) is 5.82 Å². The van der Waals surface area contributed by atoms with Crippen molar-refractivity contribution in [2.24, 2.45) is 0 Å². The van der Waals surface area contributed by atoms with Crippen LogP contribution >= 0.6 is 11.8 Å². The molecule has 2 rings (SSSR count). The minimum Gasteiger partial charge on any atom is -0.353 e. The Bertz CT molecular complexity index is 712. The fourth-order valence-corrected chi connectivity index (χ4v) is 2.96. The van der Waals surface area contributed by atoms with Crippen LogP contribution in [0.5, 0.6) is 0 Å². The number of nitrogens with one attached hydrogen (secondary N) is 1. The average Bonchev–Trinajstić information content (AvgIpc) is 2.90. The van der Waals surface area contributed by atoms with E-state index in [2.05, 4.69) is 22.1 Å². The van der Waals surface area contributed by atoms with E-state index in [4.69, 9.17) is 0 Å². The highest BCUT2D eigenvalue weighted by molar-refractivity contribution is 8.00. The zero-order valence-electron chi connectivity index (χ0n) is 14.0. The third-order valence-electron chi connectivity index (χ3n) is 3.21. The molecule has 0 aliphatic rings. The first kappa shape index (κ1) is 18.2. The molecule has 0 aliphatic carbocycles. The molecule has 128 valence electrons. The predicted octanol–water partition coefficient (Wildman–Crippen LogP) is 3.28. The SMILES string of the molecule is C=CCn1c(S[C@H](C)C(=O)NC(C)C)nnc1-c1ccc(F)cc1. The maximum atomic E-state index is 13.1. The number of halogens is 1. The van der Waals surface area contributed by atoms with Crippen LogP contribution in [0, 0.1) is 5.82 Å². The first-order valence-electron chi connectivity index (χ1n) is 7.69. The third-order valence-corrected chi connectivity index (χ3v) is 4.29. The van der Waals surface area contributed by atoms with Gasteiger partial charge in [-0.05, 0) is 45.0 Å². The number of aromatic nitrogens is 3. The summed E-state index contributed by atoms with van der Waals surface area (Å²) in [5.74, 6) is 0.266. The van der Waals surface area contributed by atoms with E-state index < -0.39 is 0 Å². The molecule has 24 heavy (non-hydrogen) atoms. The Balaban J connectivity index is 2.26. The highest BCUT2D eigenvalue weighted by Gasteiger charge is 2.20. The lowest BCUT2D eigenvalue weighted by atomic mass is 10.2. The smallest absolute Gasteiger partial charge is 0.233 e. The number of carbonyl (C=O) groups is 1. The molecule has 0 radical (unpaired) electrons. The van der Waals surface area contributed by atoms with Crippen molar-refractivity contribution in [2.45, 2.75) is 43.8 Å². The second kappa shape index (κ2) is 8.10. The minimum absolute atomic E-state index is 0.0496. The van der Waals surface area contributed by atoms with Crippen LogP contribution in [0.15, 0.2) is 42.1 Å². The number of hydrogen-bond donors (Lipinski definition) is 1. The fourth-order valence-electron chi connectivity index (χ4n) is 2.10. The van der Waals surface area contributed by atoms with Crippen molar-refractivity contribution in [3.8, 4) is 11.4 Å². The molecule has 1 atom stereocenters. The zero-order chi connectivity index (χ0) is 17.7. The van der Waals surface area contributed by atoms with E-state index in [1.165, 1.54) is 23.9 Å². The molecule has 0 aliphatic heterocycles. The molecule has 1 amide bonds. The largest absolute Gasteiger partial charge is 0.353 e. The highest BCUT2D eigenvalue weighted by atomic mass is 32.2. The molecule has 0 unspecified atom stereocenters. The van der Waals surface area contributed by atoms with Crippen molar-refractivity contribution < 1.29 is 9.18 Å². The minimum atomic E-state index is -0.304. The summed E-state index contributed by atoms with van der Waals surface area (Å²) in [6.45, 7) is 9.92. The van der Waals surface area contributed by atoms with Crippen molar-refractivity contribution in [3.05, 3.63) is 42.7 Å². The van der Waals surface area contributed by atoms with E-state index >= 15 is 0 Å². The molecule has 5 nitrogen and oxygen atoms in total. The summed E-state index contributed by atoms with van der Waals surface area (Å²) in [7, 11) is 0. The number of rotatable bonds is 7. The second-order valence-electron chi connectivity index (χ2n) is 5.64. The summed E-state index contributed by atoms with van der Waals surface area (Å²) in [5.41, 5.74) is 0.761. The average molecular weight is 348 g/mol. The summed E-state index contributed by atoms with van der Waals surface area (Å²) in [4.78, 5) is 12.1. The lowest BCUT2D eigenvalue weighted by Crippen LogP contribution is -2.36. The number of amides is 1. The van der Waals surface area contributed by atoms with Crippen molar-refractivity contribution in [1.29, 1.82) is 0 Å². The van der Waals surface area contributed by atoms with Gasteiger partial charge in [-0.25, -0.2) is 4.39 Å². The summed E-state index contributed by atoms with van der Waals surface area (Å²) in [6, 6.07) is 6.16. The molecule has 1 N–H and O–H groups in total. The van der Waals surface area contributed by atoms with Gasteiger partial charge in [-0.3, -0.25) is 9.36 Å². The monoisotopic (exact) mass is 348 g/mol. The van der Waals surface area contributed by atoms with E-state index in [1.54, 1.807) is 18.2 Å². The first-order chi connectivity index (χ1) is 11.4. The van der Waals surface area contributed by atoms with Gasteiger partial charge in [0.15, 0.2) is 11.0 Å². The quantitative estimate of drug-likeness (QED) is 0.616. The van der Waals surface area contributed by atoms with Crippen molar-refractivity contribution in [3.63, 3.8) is 0 Å². The first-order valence-corrected chi connectivity index (χ1v) is 8.57. The van der Waals surface area contributed by atoms with Gasteiger partial charge in [-0.2, -0.15) is 0 Å². The van der Waals surface area contributed by atoms with Gasteiger partial charge in [0.25, 0.3) is 0 Å². The lowest BCUT2D eigenvalue weighted by Gasteiger charge is -2.14. The second-order valence-corrected chi connectivity index (χ2v) is 6.94. The molecule has 1 aromatic heterocycles. The Morgan fingerprint density at radius 1 is 1.33 bits per heavy atom. The molecule has 0 bridgehead atoms. The number of carbonyl (C=O) groups excluding carboxylic acids is 1. The molecule has 0 fully saturated rings. The van der Waals surface area contributed by atoms with E-state index in [0.717, 1.165) is 5.56 Å². The van der Waals surface area contributed by atoms with Gasteiger partial charge in [0.05, 0.1) is 5.25 Å². The van der Waals surface area contributed by atoms with E-state index in [9.17, 15) is 9.18 Å². The van der Waals surface area contributed by atoms with Crippen LogP contribution in [0.3, 0.4) is 0 Å². The Hall–Kier alpha value is -2.15. The van der Waals surface area contributed by atoms with Gasteiger partial charge >= 0.3 is 0 Å². The van der Waals surface area contributed by atoms with Crippen LogP contribution in [0.2, 0.25) is 0 Å². The number of nitrogens with zero attached hydrogens (tertiary/aromatic N) is 3. The Labute approximate surface area is 145 Å². The highest BCUT2D eigenvalue weighted by Crippen LogP contribution is 2.27. The van der Waals surface area contributed by atoms with Crippen molar-refractivity contribution in [1.82, 2.24) is 20.1 Å². The van der Waals surface area contributed by atoms with Crippen molar-refractivity contribution in [2.75, 3.05) is 0 Å². The third kappa shape index (κ3) is 4.44. The van der Waals surface area contributed by atoms with Crippen LogP contribution in [-0.2, 0) is 11.3 Å². The molecule has 0 saturated heterocycles. The molecule has 2 aromatic rings. The number of allylic oxidation sites excluding steroid dienone is 1. The van der Waals surface area contributed by atoms with E-state index in [0.29, 0.717) is 17.5 Å². The molecular weight excluding hydrogens is 327 g/mol. The normalized spacial score (nSPS) is 12.2. The Morgan fingerprint density at radius 3 is 2.58 bits per heavy atom. The topological polar surface area (TPSA) is 59.8 Å². The predicted molar refractivity (Wildman–Crippen MR) is 94.2 cm³/mol. The van der Waals surface area contributed by atoms with Gasteiger partial charge in [0.2, 0.25) is 5.91 Å². The van der Waals surface area contributed by atoms with Crippen LogP contribution in [0.25, 0.3) is 11.4 Å². The summed E-state index contributed by atoms with van der Waals surface area (Å²) < 4.78 is 15.0. The molecule has 0 spiro atoms. The van der Waals surface area contributed by atoms with E-state index in [-0.39, 0.29) is 23.0 Å². The maximum absolute atomic E-state index is 13.1.